The maximum absolute atomic E-state index is 12.0. The molecule has 0 atom stereocenters. The van der Waals surface area contributed by atoms with Crippen molar-refractivity contribution in [3.8, 4) is 0 Å². The molecule has 27 heavy (non-hydrogen) atoms. The number of fused-ring (bicyclic) bond motifs is 1. The molecule has 0 fully saturated rings. The number of furan rings is 1. The summed E-state index contributed by atoms with van der Waals surface area (Å²) in [5, 5.41) is 3.60. The zero-order valence-electron chi connectivity index (χ0n) is 14.6. The normalized spacial score (nSPS) is 11.0. The molecule has 2 heterocycles. The number of aromatic nitrogens is 2. The lowest BCUT2D eigenvalue weighted by Gasteiger charge is -2.11. The topological polar surface area (TPSA) is 60.1 Å². The Labute approximate surface area is 161 Å². The minimum absolute atomic E-state index is 0.228. The first-order chi connectivity index (χ1) is 13.2. The van der Waals surface area contributed by atoms with Gasteiger partial charge in [-0.05, 0) is 35.9 Å². The van der Waals surface area contributed by atoms with E-state index < -0.39 is 0 Å². The molecule has 1 N–H and O–H groups in total. The average Bonchev–Trinajstić information content (AvgIpc) is 3.32. The molecule has 136 valence electrons. The Kier molecular flexibility index (Phi) is 4.94. The number of imidazole rings is 1. The molecule has 5 nitrogen and oxygen atoms in total. The summed E-state index contributed by atoms with van der Waals surface area (Å²) in [6, 6.07) is 19.1. The number of carbonyl (C=O) groups excluding carboxylic acids is 1. The van der Waals surface area contributed by atoms with Crippen LogP contribution in [-0.2, 0) is 13.0 Å². The summed E-state index contributed by atoms with van der Waals surface area (Å²) in [5.41, 5.74) is 3.00. The molecule has 0 unspecified atom stereocenters. The summed E-state index contributed by atoms with van der Waals surface area (Å²) in [5.74, 6) is 0.976. The second-order valence-corrected chi connectivity index (χ2v) is 6.58. The van der Waals surface area contributed by atoms with Crippen LogP contribution in [0.2, 0.25) is 5.02 Å². The van der Waals surface area contributed by atoms with Crippen molar-refractivity contribution in [2.75, 3.05) is 6.54 Å². The molecule has 0 saturated carbocycles. The maximum Gasteiger partial charge on any atom is 0.286 e. The fraction of sp³-hybridized carbons (Fsp3) is 0.143. The summed E-state index contributed by atoms with van der Waals surface area (Å²) in [6.07, 6.45) is 2.09. The minimum atomic E-state index is -0.228. The molecule has 0 spiro atoms. The SMILES string of the molecule is O=C(NCCc1nc2ccccc2n1Cc1ccccc1Cl)c1ccco1. The van der Waals surface area contributed by atoms with Crippen LogP contribution in [0.25, 0.3) is 11.0 Å². The van der Waals surface area contributed by atoms with Gasteiger partial charge in [0.05, 0.1) is 23.8 Å². The number of carbonyl (C=O) groups is 1. The third-order valence-electron chi connectivity index (χ3n) is 4.40. The lowest BCUT2D eigenvalue weighted by atomic mass is 10.2. The van der Waals surface area contributed by atoms with Gasteiger partial charge in [0.15, 0.2) is 5.76 Å². The van der Waals surface area contributed by atoms with Gasteiger partial charge in [-0.25, -0.2) is 4.98 Å². The van der Waals surface area contributed by atoms with Crippen molar-refractivity contribution >= 4 is 28.5 Å². The van der Waals surface area contributed by atoms with Crippen LogP contribution in [0, 0.1) is 0 Å². The number of rotatable bonds is 6. The zero-order chi connectivity index (χ0) is 18.6. The average molecular weight is 380 g/mol. The number of para-hydroxylation sites is 2. The molecule has 0 bridgehead atoms. The van der Waals surface area contributed by atoms with Gasteiger partial charge in [-0.1, -0.05) is 41.9 Å². The van der Waals surface area contributed by atoms with Crippen molar-refractivity contribution in [2.24, 2.45) is 0 Å². The highest BCUT2D eigenvalue weighted by molar-refractivity contribution is 6.31. The highest BCUT2D eigenvalue weighted by Gasteiger charge is 2.13. The highest BCUT2D eigenvalue weighted by atomic mass is 35.5. The quantitative estimate of drug-likeness (QED) is 0.543. The Bertz CT molecular complexity index is 1070. The van der Waals surface area contributed by atoms with Gasteiger partial charge < -0.3 is 14.3 Å². The molecule has 1 amide bonds. The molecule has 2 aromatic heterocycles. The van der Waals surface area contributed by atoms with Gasteiger partial charge in [-0.2, -0.15) is 0 Å². The second kappa shape index (κ2) is 7.68. The predicted octanol–water partition coefficient (Wildman–Crippen LogP) is 4.30. The minimum Gasteiger partial charge on any atom is -0.459 e. The Morgan fingerprint density at radius 1 is 1.07 bits per heavy atom. The molecule has 0 aliphatic rings. The molecule has 4 rings (SSSR count). The van der Waals surface area contributed by atoms with Gasteiger partial charge >= 0.3 is 0 Å². The summed E-state index contributed by atoms with van der Waals surface area (Å²) in [4.78, 5) is 16.8. The molecular formula is C21H18ClN3O2. The van der Waals surface area contributed by atoms with Crippen molar-refractivity contribution < 1.29 is 9.21 Å². The van der Waals surface area contributed by atoms with Gasteiger partial charge in [0.25, 0.3) is 5.91 Å². The van der Waals surface area contributed by atoms with Crippen molar-refractivity contribution in [2.45, 2.75) is 13.0 Å². The monoisotopic (exact) mass is 379 g/mol. The third kappa shape index (κ3) is 3.73. The molecule has 0 radical (unpaired) electrons. The molecular weight excluding hydrogens is 362 g/mol. The summed E-state index contributed by atoms with van der Waals surface area (Å²) in [6.45, 7) is 1.09. The van der Waals surface area contributed by atoms with Crippen LogP contribution >= 0.6 is 11.6 Å². The van der Waals surface area contributed by atoms with E-state index in [0.29, 0.717) is 25.3 Å². The fourth-order valence-corrected chi connectivity index (χ4v) is 3.27. The number of benzene rings is 2. The van der Waals surface area contributed by atoms with E-state index in [1.54, 1.807) is 12.1 Å². The first-order valence-electron chi connectivity index (χ1n) is 8.71. The number of nitrogens with zero attached hydrogens (tertiary/aromatic N) is 2. The van der Waals surface area contributed by atoms with Crippen LogP contribution in [-0.4, -0.2) is 22.0 Å². The van der Waals surface area contributed by atoms with Crippen molar-refractivity contribution in [1.82, 2.24) is 14.9 Å². The third-order valence-corrected chi connectivity index (χ3v) is 4.77. The lowest BCUT2D eigenvalue weighted by Crippen LogP contribution is -2.26. The number of hydrogen-bond donors (Lipinski definition) is 1. The fourth-order valence-electron chi connectivity index (χ4n) is 3.07. The molecule has 4 aromatic rings. The zero-order valence-corrected chi connectivity index (χ0v) is 15.3. The van der Waals surface area contributed by atoms with Crippen LogP contribution < -0.4 is 5.32 Å². The van der Waals surface area contributed by atoms with Crippen molar-refractivity contribution in [3.63, 3.8) is 0 Å². The van der Waals surface area contributed by atoms with E-state index in [9.17, 15) is 4.79 Å². The summed E-state index contributed by atoms with van der Waals surface area (Å²) in [7, 11) is 0. The van der Waals surface area contributed by atoms with Gasteiger partial charge in [0.1, 0.15) is 5.82 Å². The Morgan fingerprint density at radius 3 is 2.70 bits per heavy atom. The Hall–Kier alpha value is -3.05. The van der Waals surface area contributed by atoms with Gasteiger partial charge in [0.2, 0.25) is 0 Å². The second-order valence-electron chi connectivity index (χ2n) is 6.18. The largest absolute Gasteiger partial charge is 0.459 e. The van der Waals surface area contributed by atoms with Gasteiger partial charge in [-0.3, -0.25) is 4.79 Å². The Balaban J connectivity index is 1.56. The molecule has 0 aliphatic carbocycles. The van der Waals surface area contributed by atoms with Gasteiger partial charge in [0, 0.05) is 18.0 Å². The van der Waals surface area contributed by atoms with Crippen molar-refractivity contribution in [1.29, 1.82) is 0 Å². The van der Waals surface area contributed by atoms with Crippen LogP contribution in [0.15, 0.2) is 71.3 Å². The summed E-state index contributed by atoms with van der Waals surface area (Å²) >= 11 is 6.35. The van der Waals surface area contributed by atoms with Gasteiger partial charge in [-0.15, -0.1) is 0 Å². The van der Waals surface area contributed by atoms with E-state index in [-0.39, 0.29) is 5.91 Å². The number of hydrogen-bond acceptors (Lipinski definition) is 3. The van der Waals surface area contributed by atoms with E-state index >= 15 is 0 Å². The highest BCUT2D eigenvalue weighted by Crippen LogP contribution is 2.22. The standard InChI is InChI=1S/C21H18ClN3O2/c22-16-7-2-1-6-15(16)14-25-18-9-4-3-8-17(18)24-20(25)11-12-23-21(26)19-10-5-13-27-19/h1-10,13H,11-12,14H2,(H,23,26). The van der Waals surface area contributed by atoms with Crippen LogP contribution in [0.4, 0.5) is 0 Å². The van der Waals surface area contributed by atoms with E-state index in [4.69, 9.17) is 21.0 Å². The smallest absolute Gasteiger partial charge is 0.286 e. The van der Waals surface area contributed by atoms with Crippen LogP contribution in [0.5, 0.6) is 0 Å². The van der Waals surface area contributed by atoms with E-state index in [0.717, 1.165) is 27.4 Å². The summed E-state index contributed by atoms with van der Waals surface area (Å²) < 4.78 is 7.26. The number of nitrogens with one attached hydrogen (secondary N) is 1. The first kappa shape index (κ1) is 17.4. The molecule has 0 saturated heterocycles. The van der Waals surface area contributed by atoms with Crippen LogP contribution in [0.3, 0.4) is 0 Å². The molecule has 0 aliphatic heterocycles. The first-order valence-corrected chi connectivity index (χ1v) is 9.09. The predicted molar refractivity (Wildman–Crippen MR) is 105 cm³/mol. The molecule has 6 heteroatoms. The van der Waals surface area contributed by atoms with E-state index in [2.05, 4.69) is 9.88 Å². The Morgan fingerprint density at radius 2 is 1.89 bits per heavy atom. The van der Waals surface area contributed by atoms with Crippen molar-refractivity contribution in [3.05, 3.63) is 89.1 Å². The molecule has 2 aromatic carbocycles. The number of amides is 1. The van der Waals surface area contributed by atoms with E-state index in [1.807, 2.05) is 48.5 Å². The van der Waals surface area contributed by atoms with Crippen LogP contribution in [0.1, 0.15) is 21.9 Å². The van der Waals surface area contributed by atoms with E-state index in [1.165, 1.54) is 6.26 Å². The lowest BCUT2D eigenvalue weighted by molar-refractivity contribution is 0.0926. The number of halogens is 1. The maximum atomic E-state index is 12.0.